The maximum absolute atomic E-state index is 11.2. The summed E-state index contributed by atoms with van der Waals surface area (Å²) < 4.78 is 9.08. The molecular weight excluding hydrogens is 244 g/mol. The Bertz CT molecular complexity index is 283. The Labute approximate surface area is 106 Å². The minimum absolute atomic E-state index is 0.0132. The molecule has 0 aromatic heterocycles. The summed E-state index contributed by atoms with van der Waals surface area (Å²) in [6, 6.07) is 0. The van der Waals surface area contributed by atoms with Crippen molar-refractivity contribution in [1.82, 2.24) is 10.2 Å². The summed E-state index contributed by atoms with van der Waals surface area (Å²) in [6.07, 6.45) is 0.166. The minimum Gasteiger partial charge on any atom is -0.469 e. The molecule has 0 heterocycles. The van der Waals surface area contributed by atoms with E-state index >= 15 is 0 Å². The first-order valence-corrected chi connectivity index (χ1v) is 5.62. The fourth-order valence-corrected chi connectivity index (χ4v) is 1.36. The van der Waals surface area contributed by atoms with Crippen molar-refractivity contribution in [2.75, 3.05) is 33.9 Å². The molecule has 0 fully saturated rings. The van der Waals surface area contributed by atoms with Gasteiger partial charge in [-0.1, -0.05) is 0 Å². The lowest BCUT2D eigenvalue weighted by atomic mass is 10.4. The topological polar surface area (TPSA) is 67.9 Å². The van der Waals surface area contributed by atoms with Gasteiger partial charge in [-0.05, 0) is 19.1 Å². The van der Waals surface area contributed by atoms with Crippen LogP contribution >= 0.6 is 12.2 Å². The molecule has 0 saturated heterocycles. The second-order valence-corrected chi connectivity index (χ2v) is 3.55. The zero-order valence-electron chi connectivity index (χ0n) is 10.3. The van der Waals surface area contributed by atoms with Crippen LogP contribution in [-0.4, -0.2) is 55.8 Å². The maximum Gasteiger partial charge on any atom is 0.325 e. The summed E-state index contributed by atoms with van der Waals surface area (Å²) in [5.41, 5.74) is 0. The molecule has 98 valence electrons. The van der Waals surface area contributed by atoms with E-state index in [2.05, 4.69) is 14.8 Å². The third kappa shape index (κ3) is 6.72. The van der Waals surface area contributed by atoms with E-state index < -0.39 is 5.97 Å². The second kappa shape index (κ2) is 8.74. The third-order valence-electron chi connectivity index (χ3n) is 1.98. The van der Waals surface area contributed by atoms with Gasteiger partial charge in [0.15, 0.2) is 5.11 Å². The van der Waals surface area contributed by atoms with Crippen molar-refractivity contribution in [3.63, 3.8) is 0 Å². The number of esters is 2. The molecule has 0 bridgehead atoms. The molecule has 0 aliphatic rings. The normalized spacial score (nSPS) is 9.35. The van der Waals surface area contributed by atoms with Gasteiger partial charge < -0.3 is 19.7 Å². The Morgan fingerprint density at radius 3 is 2.29 bits per heavy atom. The summed E-state index contributed by atoms with van der Waals surface area (Å²) in [5, 5.41) is 3.33. The van der Waals surface area contributed by atoms with Gasteiger partial charge in [0, 0.05) is 13.1 Å². The molecular formula is C10H18N2O4S. The van der Waals surface area contributed by atoms with Crippen LogP contribution in [0.5, 0.6) is 0 Å². The second-order valence-electron chi connectivity index (χ2n) is 3.16. The Balaban J connectivity index is 4.34. The highest BCUT2D eigenvalue weighted by molar-refractivity contribution is 7.80. The molecule has 0 rings (SSSR count). The molecule has 0 radical (unpaired) electrons. The number of rotatable bonds is 6. The molecule has 0 saturated carbocycles. The first-order valence-electron chi connectivity index (χ1n) is 5.21. The van der Waals surface area contributed by atoms with Crippen LogP contribution in [0.15, 0.2) is 0 Å². The number of carbonyl (C=O) groups is 2. The van der Waals surface area contributed by atoms with Crippen molar-refractivity contribution < 1.29 is 19.1 Å². The molecule has 0 atom stereocenters. The van der Waals surface area contributed by atoms with Crippen LogP contribution in [0.1, 0.15) is 13.3 Å². The highest BCUT2D eigenvalue weighted by Gasteiger charge is 2.15. The number of thiocarbonyl (C=S) groups is 1. The summed E-state index contributed by atoms with van der Waals surface area (Å²) in [7, 11) is 2.62. The van der Waals surface area contributed by atoms with Crippen LogP contribution in [0.4, 0.5) is 0 Å². The van der Waals surface area contributed by atoms with Gasteiger partial charge in [0.2, 0.25) is 0 Å². The fraction of sp³-hybridized carbons (Fsp3) is 0.700. The van der Waals surface area contributed by atoms with Crippen LogP contribution in [0, 0.1) is 0 Å². The molecule has 0 aromatic carbocycles. The Hall–Kier alpha value is -1.37. The lowest BCUT2D eigenvalue weighted by molar-refractivity contribution is -0.143. The largest absolute Gasteiger partial charge is 0.469 e. The monoisotopic (exact) mass is 262 g/mol. The van der Waals surface area contributed by atoms with E-state index in [1.54, 1.807) is 4.90 Å². The summed E-state index contributed by atoms with van der Waals surface area (Å²) in [4.78, 5) is 23.8. The van der Waals surface area contributed by atoms with Gasteiger partial charge in [0.1, 0.15) is 6.54 Å². The summed E-state index contributed by atoms with van der Waals surface area (Å²) >= 11 is 5.08. The molecule has 0 unspecified atom stereocenters. The van der Waals surface area contributed by atoms with E-state index in [9.17, 15) is 9.59 Å². The highest BCUT2D eigenvalue weighted by Crippen LogP contribution is 1.96. The average molecular weight is 262 g/mol. The van der Waals surface area contributed by atoms with Crippen LogP contribution in [0.2, 0.25) is 0 Å². The van der Waals surface area contributed by atoms with Crippen molar-refractivity contribution in [2.45, 2.75) is 13.3 Å². The van der Waals surface area contributed by atoms with Crippen LogP contribution < -0.4 is 5.32 Å². The number of nitrogens with zero attached hydrogens (tertiary/aromatic N) is 1. The van der Waals surface area contributed by atoms with Crippen molar-refractivity contribution >= 4 is 29.3 Å². The Morgan fingerprint density at radius 2 is 1.82 bits per heavy atom. The Morgan fingerprint density at radius 1 is 1.24 bits per heavy atom. The zero-order chi connectivity index (χ0) is 13.3. The molecule has 0 aliphatic carbocycles. The number of hydrogen-bond donors (Lipinski definition) is 1. The van der Waals surface area contributed by atoms with E-state index in [-0.39, 0.29) is 18.9 Å². The predicted octanol–water partition coefficient (Wildman–Crippen LogP) is -0.0811. The van der Waals surface area contributed by atoms with Crippen LogP contribution in [0.3, 0.4) is 0 Å². The maximum atomic E-state index is 11.2. The standard InChI is InChI=1S/C10H18N2O4S/c1-4-11-10(17)12(7-9(14)16-3)6-5-8(13)15-2/h4-7H2,1-3H3,(H,11,17). The number of hydrogen-bond acceptors (Lipinski definition) is 5. The first kappa shape index (κ1) is 15.6. The molecule has 0 aromatic rings. The fourth-order valence-electron chi connectivity index (χ4n) is 1.06. The van der Waals surface area contributed by atoms with Crippen molar-refractivity contribution in [3.05, 3.63) is 0 Å². The van der Waals surface area contributed by atoms with Gasteiger partial charge in [-0.3, -0.25) is 9.59 Å². The summed E-state index contributed by atoms with van der Waals surface area (Å²) in [5.74, 6) is -0.755. The molecule has 7 heteroatoms. The van der Waals surface area contributed by atoms with Crippen LogP contribution in [-0.2, 0) is 19.1 Å². The van der Waals surface area contributed by atoms with Crippen molar-refractivity contribution in [3.8, 4) is 0 Å². The van der Waals surface area contributed by atoms with E-state index in [4.69, 9.17) is 12.2 Å². The van der Waals surface area contributed by atoms with Gasteiger partial charge in [0.05, 0.1) is 20.6 Å². The minimum atomic E-state index is -0.407. The van der Waals surface area contributed by atoms with Crippen molar-refractivity contribution in [1.29, 1.82) is 0 Å². The third-order valence-corrected chi connectivity index (χ3v) is 2.38. The van der Waals surface area contributed by atoms with E-state index in [0.717, 1.165) is 0 Å². The predicted molar refractivity (Wildman–Crippen MR) is 66.5 cm³/mol. The van der Waals surface area contributed by atoms with Crippen LogP contribution in [0.25, 0.3) is 0 Å². The van der Waals surface area contributed by atoms with E-state index in [0.29, 0.717) is 18.2 Å². The molecule has 1 N–H and O–H groups in total. The van der Waals surface area contributed by atoms with Gasteiger partial charge in [0.25, 0.3) is 0 Å². The smallest absolute Gasteiger partial charge is 0.325 e. The molecule has 17 heavy (non-hydrogen) atoms. The molecule has 0 amide bonds. The lowest BCUT2D eigenvalue weighted by Gasteiger charge is -2.23. The average Bonchev–Trinajstić information content (AvgIpc) is 2.33. The van der Waals surface area contributed by atoms with Gasteiger partial charge >= 0.3 is 11.9 Å². The SMILES string of the molecule is CCNC(=S)N(CCC(=O)OC)CC(=O)OC. The number of methoxy groups -OCH3 is 2. The van der Waals surface area contributed by atoms with Gasteiger partial charge in [-0.25, -0.2) is 0 Å². The van der Waals surface area contributed by atoms with E-state index in [1.807, 2.05) is 6.92 Å². The highest BCUT2D eigenvalue weighted by atomic mass is 32.1. The molecule has 0 aliphatic heterocycles. The molecule has 6 nitrogen and oxygen atoms in total. The summed E-state index contributed by atoms with van der Waals surface area (Å²) in [6.45, 7) is 2.87. The number of ether oxygens (including phenoxy) is 2. The van der Waals surface area contributed by atoms with Gasteiger partial charge in [-0.15, -0.1) is 0 Å². The number of carbonyl (C=O) groups excluding carboxylic acids is 2. The van der Waals surface area contributed by atoms with Crippen molar-refractivity contribution in [2.24, 2.45) is 0 Å². The Kier molecular flexibility index (Phi) is 8.04. The number of nitrogens with one attached hydrogen (secondary N) is 1. The quantitative estimate of drug-likeness (QED) is 0.530. The molecule has 0 spiro atoms. The lowest BCUT2D eigenvalue weighted by Crippen LogP contribution is -2.43. The first-order chi connectivity index (χ1) is 8.04. The zero-order valence-corrected chi connectivity index (χ0v) is 11.1. The van der Waals surface area contributed by atoms with E-state index in [1.165, 1.54) is 14.2 Å². The van der Waals surface area contributed by atoms with Gasteiger partial charge in [-0.2, -0.15) is 0 Å².